The Balaban J connectivity index is 2.71. The van der Waals surface area contributed by atoms with Crippen LogP contribution in [0.15, 0.2) is 6.07 Å². The monoisotopic (exact) mass is 239 g/mol. The molecule has 0 spiro atoms. The number of anilines is 2. The predicted octanol–water partition coefficient (Wildman–Crippen LogP) is -0.360. The molecule has 7 heteroatoms. The van der Waals surface area contributed by atoms with Crippen LogP contribution in [0, 0.1) is 0 Å². The number of nitrogens with zero attached hydrogens (tertiary/aromatic N) is 3. The van der Waals surface area contributed by atoms with Crippen molar-refractivity contribution in [2.75, 3.05) is 38.4 Å². The minimum atomic E-state index is -0.0224. The van der Waals surface area contributed by atoms with E-state index in [-0.39, 0.29) is 11.9 Å². The minimum Gasteiger partial charge on any atom is -0.481 e. The average Bonchev–Trinajstić information content (AvgIpc) is 2.34. The van der Waals surface area contributed by atoms with Crippen molar-refractivity contribution in [3.05, 3.63) is 6.07 Å². The van der Waals surface area contributed by atoms with Crippen molar-refractivity contribution in [1.29, 1.82) is 0 Å². The summed E-state index contributed by atoms with van der Waals surface area (Å²) in [5.74, 6) is 1.15. The standard InChI is InChI=1S/C10H17N5O2/c1-12-8(16)4-5-15(2)7-6-9(17-3)14-10(11)13-7/h6H,4-5H2,1-3H3,(H,12,16)(H2,11,13,14). The van der Waals surface area contributed by atoms with Gasteiger partial charge in [-0.3, -0.25) is 4.79 Å². The largest absolute Gasteiger partial charge is 0.481 e. The molecule has 0 saturated carbocycles. The molecule has 0 saturated heterocycles. The second-order valence-corrected chi connectivity index (χ2v) is 3.47. The number of nitrogens with two attached hydrogens (primary N) is 1. The number of ether oxygens (including phenoxy) is 1. The van der Waals surface area contributed by atoms with Crippen molar-refractivity contribution in [2.24, 2.45) is 0 Å². The smallest absolute Gasteiger partial charge is 0.225 e. The first-order valence-electron chi connectivity index (χ1n) is 5.17. The Kier molecular flexibility index (Phi) is 4.50. The Morgan fingerprint density at radius 2 is 2.29 bits per heavy atom. The summed E-state index contributed by atoms with van der Waals surface area (Å²) in [5.41, 5.74) is 5.55. The third-order valence-electron chi connectivity index (χ3n) is 2.26. The highest BCUT2D eigenvalue weighted by molar-refractivity contribution is 5.76. The Hall–Kier alpha value is -2.05. The number of aromatic nitrogens is 2. The molecule has 0 atom stereocenters. The van der Waals surface area contributed by atoms with Crippen LogP contribution in [0.2, 0.25) is 0 Å². The molecular formula is C10H17N5O2. The van der Waals surface area contributed by atoms with Gasteiger partial charge in [-0.2, -0.15) is 9.97 Å². The average molecular weight is 239 g/mol. The lowest BCUT2D eigenvalue weighted by Crippen LogP contribution is -2.27. The van der Waals surface area contributed by atoms with Crippen LogP contribution in [0.25, 0.3) is 0 Å². The SMILES string of the molecule is CNC(=O)CCN(C)c1cc(OC)nc(N)n1. The third-order valence-corrected chi connectivity index (χ3v) is 2.26. The lowest BCUT2D eigenvalue weighted by molar-refractivity contribution is -0.120. The second-order valence-electron chi connectivity index (χ2n) is 3.47. The normalized spacial score (nSPS) is 9.82. The number of carbonyl (C=O) groups excluding carboxylic acids is 1. The molecule has 0 aromatic carbocycles. The number of amides is 1. The van der Waals surface area contributed by atoms with E-state index in [9.17, 15) is 4.79 Å². The minimum absolute atomic E-state index is 0.0224. The van der Waals surface area contributed by atoms with Crippen LogP contribution >= 0.6 is 0 Å². The number of nitrogens with one attached hydrogen (secondary N) is 1. The van der Waals surface area contributed by atoms with Crippen LogP contribution in [0.4, 0.5) is 11.8 Å². The zero-order valence-electron chi connectivity index (χ0n) is 10.2. The Morgan fingerprint density at radius 3 is 2.88 bits per heavy atom. The van der Waals surface area contributed by atoms with E-state index in [0.29, 0.717) is 24.7 Å². The zero-order chi connectivity index (χ0) is 12.8. The van der Waals surface area contributed by atoms with Gasteiger partial charge in [-0.25, -0.2) is 0 Å². The molecule has 7 nitrogen and oxygen atoms in total. The fraction of sp³-hybridized carbons (Fsp3) is 0.500. The first kappa shape index (κ1) is 13.0. The summed E-state index contributed by atoms with van der Waals surface area (Å²) in [5, 5.41) is 2.56. The molecule has 1 amide bonds. The summed E-state index contributed by atoms with van der Waals surface area (Å²) in [4.78, 5) is 20.9. The van der Waals surface area contributed by atoms with Gasteiger partial charge in [0.15, 0.2) is 0 Å². The number of nitrogen functional groups attached to an aromatic ring is 1. The van der Waals surface area contributed by atoms with E-state index in [2.05, 4.69) is 15.3 Å². The van der Waals surface area contributed by atoms with Crippen LogP contribution in [0.3, 0.4) is 0 Å². The predicted molar refractivity (Wildman–Crippen MR) is 65.0 cm³/mol. The number of methoxy groups -OCH3 is 1. The van der Waals surface area contributed by atoms with Crippen molar-refractivity contribution in [1.82, 2.24) is 15.3 Å². The van der Waals surface area contributed by atoms with E-state index >= 15 is 0 Å². The van der Waals surface area contributed by atoms with Crippen LogP contribution in [-0.4, -0.2) is 43.6 Å². The molecule has 1 heterocycles. The molecule has 17 heavy (non-hydrogen) atoms. The molecule has 3 N–H and O–H groups in total. The van der Waals surface area contributed by atoms with Crippen molar-refractivity contribution in [3.63, 3.8) is 0 Å². The van der Waals surface area contributed by atoms with Crippen LogP contribution in [0.5, 0.6) is 5.88 Å². The number of hydrogen-bond donors (Lipinski definition) is 2. The Labute approximate surface area is 100.0 Å². The molecule has 0 unspecified atom stereocenters. The van der Waals surface area contributed by atoms with Gasteiger partial charge in [-0.05, 0) is 0 Å². The zero-order valence-corrected chi connectivity index (χ0v) is 10.2. The molecule has 0 aliphatic carbocycles. The number of rotatable bonds is 5. The summed E-state index contributed by atoms with van der Waals surface area (Å²) in [6.07, 6.45) is 0.388. The second kappa shape index (κ2) is 5.88. The van der Waals surface area contributed by atoms with Gasteiger partial charge >= 0.3 is 0 Å². The summed E-state index contributed by atoms with van der Waals surface area (Å²) >= 11 is 0. The number of carbonyl (C=O) groups is 1. The van der Waals surface area contributed by atoms with Crippen LogP contribution in [-0.2, 0) is 4.79 Å². The van der Waals surface area contributed by atoms with Gasteiger partial charge < -0.3 is 20.7 Å². The van der Waals surface area contributed by atoms with Crippen molar-refractivity contribution in [3.8, 4) is 5.88 Å². The molecule has 1 aromatic heterocycles. The lowest BCUT2D eigenvalue weighted by Gasteiger charge is -2.18. The van der Waals surface area contributed by atoms with E-state index in [1.807, 2.05) is 11.9 Å². The highest BCUT2D eigenvalue weighted by Gasteiger charge is 2.08. The third kappa shape index (κ3) is 3.78. The maximum absolute atomic E-state index is 11.1. The van der Waals surface area contributed by atoms with Crippen molar-refractivity contribution < 1.29 is 9.53 Å². The van der Waals surface area contributed by atoms with Gasteiger partial charge in [0.25, 0.3) is 0 Å². The van der Waals surface area contributed by atoms with Gasteiger partial charge in [0.2, 0.25) is 17.7 Å². The maximum Gasteiger partial charge on any atom is 0.225 e. The van der Waals surface area contributed by atoms with E-state index in [0.717, 1.165) is 0 Å². The first-order valence-corrected chi connectivity index (χ1v) is 5.17. The maximum atomic E-state index is 11.1. The van der Waals surface area contributed by atoms with E-state index in [4.69, 9.17) is 10.5 Å². The van der Waals surface area contributed by atoms with E-state index < -0.39 is 0 Å². The molecule has 1 rings (SSSR count). The molecule has 0 bridgehead atoms. The summed E-state index contributed by atoms with van der Waals surface area (Å²) in [6, 6.07) is 1.67. The van der Waals surface area contributed by atoms with Gasteiger partial charge in [0.1, 0.15) is 5.82 Å². The van der Waals surface area contributed by atoms with Crippen molar-refractivity contribution >= 4 is 17.7 Å². The summed E-state index contributed by atoms with van der Waals surface area (Å²) in [7, 11) is 4.94. The van der Waals surface area contributed by atoms with Crippen molar-refractivity contribution in [2.45, 2.75) is 6.42 Å². The molecule has 0 aliphatic heterocycles. The molecule has 0 aliphatic rings. The topological polar surface area (TPSA) is 93.4 Å². The fourth-order valence-corrected chi connectivity index (χ4v) is 1.24. The van der Waals surface area contributed by atoms with Gasteiger partial charge in [0, 0.05) is 33.1 Å². The highest BCUT2D eigenvalue weighted by Crippen LogP contribution is 2.17. The quantitative estimate of drug-likeness (QED) is 0.729. The van der Waals surface area contributed by atoms with E-state index in [1.54, 1.807) is 13.1 Å². The lowest BCUT2D eigenvalue weighted by atomic mass is 10.3. The van der Waals surface area contributed by atoms with Gasteiger partial charge in [0.05, 0.1) is 7.11 Å². The van der Waals surface area contributed by atoms with Gasteiger partial charge in [-0.1, -0.05) is 0 Å². The Morgan fingerprint density at radius 1 is 1.59 bits per heavy atom. The van der Waals surface area contributed by atoms with Crippen LogP contribution in [0.1, 0.15) is 6.42 Å². The molecule has 0 radical (unpaired) electrons. The molecule has 1 aromatic rings. The molecule has 0 fully saturated rings. The number of hydrogen-bond acceptors (Lipinski definition) is 6. The molecule has 94 valence electrons. The molecular weight excluding hydrogens is 222 g/mol. The highest BCUT2D eigenvalue weighted by atomic mass is 16.5. The van der Waals surface area contributed by atoms with Gasteiger partial charge in [-0.15, -0.1) is 0 Å². The summed E-state index contributed by atoms with van der Waals surface area (Å²) in [6.45, 7) is 0.541. The Bertz CT molecular complexity index is 396. The van der Waals surface area contributed by atoms with Crippen LogP contribution < -0.4 is 20.7 Å². The summed E-state index contributed by atoms with van der Waals surface area (Å²) < 4.78 is 5.00. The fourth-order valence-electron chi connectivity index (χ4n) is 1.24. The van der Waals surface area contributed by atoms with E-state index in [1.165, 1.54) is 7.11 Å². The first-order chi connectivity index (χ1) is 8.06.